The van der Waals surface area contributed by atoms with Crippen LogP contribution >= 0.6 is 0 Å². The summed E-state index contributed by atoms with van der Waals surface area (Å²) in [5.41, 5.74) is 0. The van der Waals surface area contributed by atoms with E-state index in [4.69, 9.17) is 33.7 Å². The van der Waals surface area contributed by atoms with Crippen molar-refractivity contribution in [3.8, 4) is 6.07 Å². The molecule has 0 saturated carbocycles. The van der Waals surface area contributed by atoms with E-state index in [1.54, 1.807) is 0 Å². The molecular formula is C14H25NO6. The first-order valence-electron chi connectivity index (χ1n) is 7.30. The largest absolute Gasteiger partial charge is 0.377 e. The fraction of sp³-hybridized carbons (Fsp3) is 0.929. The number of nitrogens with zero attached hydrogens (tertiary/aromatic N) is 1. The van der Waals surface area contributed by atoms with E-state index in [0.29, 0.717) is 79.1 Å². The van der Waals surface area contributed by atoms with Gasteiger partial charge in [0.25, 0.3) is 0 Å². The van der Waals surface area contributed by atoms with Crippen LogP contribution in [0.15, 0.2) is 0 Å². The fourth-order valence-electron chi connectivity index (χ4n) is 1.64. The van der Waals surface area contributed by atoms with Crippen LogP contribution in [0, 0.1) is 11.3 Å². The maximum atomic E-state index is 8.74. The molecule has 1 unspecified atom stereocenters. The van der Waals surface area contributed by atoms with Crippen molar-refractivity contribution in [1.29, 1.82) is 5.26 Å². The third-order valence-electron chi connectivity index (χ3n) is 2.69. The van der Waals surface area contributed by atoms with Gasteiger partial charge < -0.3 is 28.4 Å². The Morgan fingerprint density at radius 1 is 0.667 bits per heavy atom. The lowest BCUT2D eigenvalue weighted by Gasteiger charge is -2.16. The SMILES string of the molecule is N#CCC1COCCOCCOCCOCCOCCO1. The molecule has 1 atom stereocenters. The molecule has 7 nitrogen and oxygen atoms in total. The average molecular weight is 303 g/mol. The predicted octanol–water partition coefficient (Wildman–Crippen LogP) is 0.382. The third kappa shape index (κ3) is 11.6. The highest BCUT2D eigenvalue weighted by Crippen LogP contribution is 1.99. The predicted molar refractivity (Wildman–Crippen MR) is 74.1 cm³/mol. The van der Waals surface area contributed by atoms with E-state index in [-0.39, 0.29) is 6.10 Å². The second kappa shape index (κ2) is 14.2. The molecule has 1 saturated heterocycles. The van der Waals surface area contributed by atoms with Crippen molar-refractivity contribution in [3.63, 3.8) is 0 Å². The molecule has 0 aliphatic carbocycles. The molecule has 122 valence electrons. The highest BCUT2D eigenvalue weighted by molar-refractivity contribution is 4.76. The van der Waals surface area contributed by atoms with Crippen molar-refractivity contribution in [3.05, 3.63) is 0 Å². The standard InChI is InChI=1S/C14H25NO6/c15-2-1-14-13-20-10-9-18-6-5-16-3-4-17-7-8-19-11-12-21-14/h14H,1,3-13H2. The Balaban J connectivity index is 2.20. The van der Waals surface area contributed by atoms with Gasteiger partial charge in [0.1, 0.15) is 0 Å². The van der Waals surface area contributed by atoms with Crippen molar-refractivity contribution in [2.24, 2.45) is 0 Å². The van der Waals surface area contributed by atoms with Gasteiger partial charge in [-0.15, -0.1) is 0 Å². The highest BCUT2D eigenvalue weighted by Gasteiger charge is 2.09. The summed E-state index contributed by atoms with van der Waals surface area (Å²) >= 11 is 0. The quantitative estimate of drug-likeness (QED) is 0.693. The Morgan fingerprint density at radius 3 is 1.57 bits per heavy atom. The molecule has 0 aromatic heterocycles. The van der Waals surface area contributed by atoms with Crippen molar-refractivity contribution < 1.29 is 28.4 Å². The monoisotopic (exact) mass is 303 g/mol. The first kappa shape index (κ1) is 18.3. The van der Waals surface area contributed by atoms with Gasteiger partial charge in [-0.05, 0) is 0 Å². The van der Waals surface area contributed by atoms with Crippen LogP contribution in [-0.2, 0) is 28.4 Å². The summed E-state index contributed by atoms with van der Waals surface area (Å²) in [5.74, 6) is 0. The van der Waals surface area contributed by atoms with E-state index in [9.17, 15) is 0 Å². The van der Waals surface area contributed by atoms with Crippen LogP contribution in [0.2, 0.25) is 0 Å². The summed E-state index contributed by atoms with van der Waals surface area (Å²) in [4.78, 5) is 0. The zero-order valence-corrected chi connectivity index (χ0v) is 12.5. The second-order valence-electron chi connectivity index (χ2n) is 4.38. The van der Waals surface area contributed by atoms with Crippen LogP contribution in [0.4, 0.5) is 0 Å². The van der Waals surface area contributed by atoms with E-state index in [1.807, 2.05) is 0 Å². The smallest absolute Gasteiger partial charge is 0.0939 e. The van der Waals surface area contributed by atoms with Crippen molar-refractivity contribution in [2.75, 3.05) is 72.7 Å². The van der Waals surface area contributed by atoms with Gasteiger partial charge in [-0.2, -0.15) is 5.26 Å². The minimum Gasteiger partial charge on any atom is -0.377 e. The minimum absolute atomic E-state index is 0.225. The molecule has 21 heavy (non-hydrogen) atoms. The van der Waals surface area contributed by atoms with Gasteiger partial charge in [-0.3, -0.25) is 0 Å². The first-order valence-corrected chi connectivity index (χ1v) is 7.30. The first-order chi connectivity index (χ1) is 10.4. The molecule has 0 aromatic rings. The molecule has 0 N–H and O–H groups in total. The molecule has 1 aliphatic rings. The third-order valence-corrected chi connectivity index (χ3v) is 2.69. The summed E-state index contributed by atoms with van der Waals surface area (Å²) in [7, 11) is 0. The Morgan fingerprint density at radius 2 is 1.10 bits per heavy atom. The highest BCUT2D eigenvalue weighted by atomic mass is 16.6. The summed E-state index contributed by atoms with van der Waals surface area (Å²) in [6.45, 7) is 5.51. The van der Waals surface area contributed by atoms with Crippen molar-refractivity contribution in [1.82, 2.24) is 0 Å². The molecule has 0 aromatic carbocycles. The Hall–Kier alpha value is -0.750. The Kier molecular flexibility index (Phi) is 12.4. The number of hydrogen-bond acceptors (Lipinski definition) is 7. The maximum Gasteiger partial charge on any atom is 0.0939 e. The van der Waals surface area contributed by atoms with Gasteiger partial charge in [-0.1, -0.05) is 0 Å². The summed E-state index contributed by atoms with van der Waals surface area (Å²) in [6, 6.07) is 2.09. The number of ether oxygens (including phenoxy) is 6. The summed E-state index contributed by atoms with van der Waals surface area (Å²) in [6.07, 6.45) is 0.0784. The van der Waals surface area contributed by atoms with Gasteiger partial charge in [0, 0.05) is 0 Å². The van der Waals surface area contributed by atoms with E-state index < -0.39 is 0 Å². The van der Waals surface area contributed by atoms with Crippen molar-refractivity contribution >= 4 is 0 Å². The van der Waals surface area contributed by atoms with Gasteiger partial charge in [0.15, 0.2) is 0 Å². The summed E-state index contributed by atoms with van der Waals surface area (Å²) in [5, 5.41) is 8.74. The van der Waals surface area contributed by atoms with Crippen LogP contribution in [0.25, 0.3) is 0 Å². The van der Waals surface area contributed by atoms with Gasteiger partial charge in [0.2, 0.25) is 0 Å². The van der Waals surface area contributed by atoms with Crippen LogP contribution in [-0.4, -0.2) is 78.8 Å². The van der Waals surface area contributed by atoms with Crippen LogP contribution in [0.3, 0.4) is 0 Å². The normalized spacial score (nSPS) is 25.4. The van der Waals surface area contributed by atoms with Gasteiger partial charge in [0.05, 0.1) is 91.3 Å². The lowest BCUT2D eigenvalue weighted by Crippen LogP contribution is -2.23. The number of hydrogen-bond donors (Lipinski definition) is 0. The molecule has 0 amide bonds. The van der Waals surface area contributed by atoms with E-state index in [1.165, 1.54) is 0 Å². The van der Waals surface area contributed by atoms with Crippen LogP contribution < -0.4 is 0 Å². The minimum atomic E-state index is -0.225. The number of rotatable bonds is 1. The Bertz CT molecular complexity index is 253. The fourth-order valence-corrected chi connectivity index (χ4v) is 1.64. The molecule has 1 rings (SSSR count). The van der Waals surface area contributed by atoms with Gasteiger partial charge in [-0.25, -0.2) is 0 Å². The zero-order valence-electron chi connectivity index (χ0n) is 12.5. The number of nitriles is 1. The van der Waals surface area contributed by atoms with E-state index in [2.05, 4.69) is 6.07 Å². The molecule has 1 heterocycles. The maximum absolute atomic E-state index is 8.74. The second-order valence-corrected chi connectivity index (χ2v) is 4.38. The summed E-state index contributed by atoms with van der Waals surface area (Å²) < 4.78 is 32.4. The average Bonchev–Trinajstić information content (AvgIpc) is 2.49. The lowest BCUT2D eigenvalue weighted by molar-refractivity contribution is -0.0588. The molecule has 7 heteroatoms. The molecule has 0 spiro atoms. The molecule has 1 fully saturated rings. The topological polar surface area (TPSA) is 79.2 Å². The van der Waals surface area contributed by atoms with Crippen LogP contribution in [0.1, 0.15) is 6.42 Å². The molecule has 0 bridgehead atoms. The van der Waals surface area contributed by atoms with Crippen LogP contribution in [0.5, 0.6) is 0 Å². The molecule has 1 aliphatic heterocycles. The van der Waals surface area contributed by atoms with E-state index >= 15 is 0 Å². The molecule has 0 radical (unpaired) electrons. The lowest BCUT2D eigenvalue weighted by atomic mass is 10.3. The van der Waals surface area contributed by atoms with Gasteiger partial charge >= 0.3 is 0 Å². The Labute approximate surface area is 126 Å². The zero-order chi connectivity index (χ0) is 15.0. The molecular weight excluding hydrogens is 278 g/mol. The van der Waals surface area contributed by atoms with Crippen molar-refractivity contribution in [2.45, 2.75) is 12.5 Å². The van der Waals surface area contributed by atoms with E-state index in [0.717, 1.165) is 0 Å².